The monoisotopic (exact) mass is 609 g/mol. The molecule has 0 aliphatic heterocycles. The molecule has 14 heteroatoms. The molecule has 214 valence electrons. The van der Waals surface area contributed by atoms with Crippen molar-refractivity contribution < 1.29 is 24.0 Å². The molecule has 0 radical (unpaired) electrons. The molecular weight excluding hydrogens is 581 g/mol. The Bertz CT molecular complexity index is 1390. The van der Waals surface area contributed by atoms with Crippen molar-refractivity contribution in [1.82, 2.24) is 20.5 Å². The molecule has 4 N–H and O–H groups in total. The minimum atomic E-state index is -1.30. The van der Waals surface area contributed by atoms with Gasteiger partial charge in [0.2, 0.25) is 17.6 Å². The number of carbonyl (C=O) groups excluding carboxylic acids is 5. The van der Waals surface area contributed by atoms with Gasteiger partial charge in [-0.3, -0.25) is 28.8 Å². The fraction of sp³-hybridized carbons (Fsp3) is 0.462. The quantitative estimate of drug-likeness (QED) is 0.287. The maximum absolute atomic E-state index is 13.2. The Hall–Kier alpha value is -3.22. The second-order valence-electron chi connectivity index (χ2n) is 10.00. The zero-order chi connectivity index (χ0) is 29.0. The minimum Gasteiger partial charge on any atom is -0.353 e. The molecule has 4 rings (SSSR count). The SMILES string of the molecule is CNC(=O)C(=O)CCC(NC(=O)c1cc(Cl)sc1Cl)C(=O)Nc1cccn(CC(=O)N[C@@H]2C[C@H]3CC[C@@H]2C3)c1=O. The molecular formula is C26H29Cl2N5O6S. The van der Waals surface area contributed by atoms with Crippen LogP contribution in [0.3, 0.4) is 0 Å². The smallest absolute Gasteiger partial charge is 0.287 e. The zero-order valence-electron chi connectivity index (χ0n) is 21.6. The van der Waals surface area contributed by atoms with Gasteiger partial charge in [0.25, 0.3) is 17.4 Å². The van der Waals surface area contributed by atoms with Gasteiger partial charge < -0.3 is 25.8 Å². The molecule has 0 aromatic carbocycles. The second kappa shape index (κ2) is 13.0. The van der Waals surface area contributed by atoms with Gasteiger partial charge in [-0.05, 0) is 55.7 Å². The number of thiophene rings is 1. The van der Waals surface area contributed by atoms with Crippen LogP contribution < -0.4 is 26.8 Å². The summed E-state index contributed by atoms with van der Waals surface area (Å²) in [4.78, 5) is 75.4. The highest BCUT2D eigenvalue weighted by Gasteiger charge is 2.40. The molecule has 2 fully saturated rings. The number of rotatable bonds is 11. The summed E-state index contributed by atoms with van der Waals surface area (Å²) in [5.74, 6) is -2.28. The van der Waals surface area contributed by atoms with Crippen LogP contribution in [0.25, 0.3) is 0 Å². The van der Waals surface area contributed by atoms with Crippen LogP contribution in [-0.4, -0.2) is 53.1 Å². The Balaban J connectivity index is 1.44. The summed E-state index contributed by atoms with van der Waals surface area (Å²) in [6, 6.07) is 3.04. The number of Topliss-reactive ketones (excluding diaryl/α,β-unsaturated/α-hetero) is 1. The van der Waals surface area contributed by atoms with Gasteiger partial charge in [-0.1, -0.05) is 29.6 Å². The highest BCUT2D eigenvalue weighted by atomic mass is 35.5. The molecule has 0 saturated heterocycles. The van der Waals surface area contributed by atoms with Crippen molar-refractivity contribution in [2.75, 3.05) is 12.4 Å². The van der Waals surface area contributed by atoms with Crippen LogP contribution in [0.5, 0.6) is 0 Å². The molecule has 2 aliphatic rings. The lowest BCUT2D eigenvalue weighted by atomic mass is 9.95. The Labute approximate surface area is 244 Å². The van der Waals surface area contributed by atoms with Gasteiger partial charge in [0.15, 0.2) is 0 Å². The van der Waals surface area contributed by atoms with E-state index in [-0.39, 0.29) is 51.3 Å². The molecule has 0 spiro atoms. The summed E-state index contributed by atoms with van der Waals surface area (Å²) in [6.45, 7) is -0.214. The summed E-state index contributed by atoms with van der Waals surface area (Å²) in [5, 5.41) is 10.2. The number of hydrogen-bond donors (Lipinski definition) is 4. The Morgan fingerprint density at radius 2 is 1.93 bits per heavy atom. The molecule has 40 heavy (non-hydrogen) atoms. The van der Waals surface area contributed by atoms with Crippen molar-refractivity contribution in [3.63, 3.8) is 0 Å². The first kappa shape index (κ1) is 29.8. The minimum absolute atomic E-state index is 0.0376. The molecule has 1 unspecified atom stereocenters. The first-order valence-electron chi connectivity index (χ1n) is 12.9. The van der Waals surface area contributed by atoms with E-state index in [9.17, 15) is 28.8 Å². The van der Waals surface area contributed by atoms with Gasteiger partial charge in [0.05, 0.1) is 9.90 Å². The highest BCUT2D eigenvalue weighted by Crippen LogP contribution is 2.44. The van der Waals surface area contributed by atoms with Crippen LogP contribution in [0.15, 0.2) is 29.2 Å². The van der Waals surface area contributed by atoms with E-state index in [2.05, 4.69) is 21.3 Å². The number of hydrogen-bond acceptors (Lipinski definition) is 7. The second-order valence-corrected chi connectivity index (χ2v) is 12.3. The van der Waals surface area contributed by atoms with E-state index in [1.165, 1.54) is 42.4 Å². The number of fused-ring (bicyclic) bond motifs is 2. The molecule has 2 aromatic rings. The lowest BCUT2D eigenvalue weighted by molar-refractivity contribution is -0.137. The molecule has 2 saturated carbocycles. The Morgan fingerprint density at radius 3 is 2.55 bits per heavy atom. The topological polar surface area (TPSA) is 155 Å². The standard InChI is InChI=1S/C26H29Cl2N5O6S/c1-29-25(38)19(34)7-6-16(31-23(36)15-11-20(27)40-22(15)28)24(37)32-17-3-2-8-33(26(17)39)12-21(35)30-18-10-13-4-5-14(18)9-13/h2-3,8,11,13-14,16,18H,4-7,9-10,12H2,1H3,(H,29,38)(H,30,35)(H,31,36)(H,32,37)/t13-,14+,16?,18+/m0/s1. The van der Waals surface area contributed by atoms with Crippen LogP contribution >= 0.6 is 34.5 Å². The van der Waals surface area contributed by atoms with E-state index in [0.717, 1.165) is 30.6 Å². The fourth-order valence-electron chi connectivity index (χ4n) is 5.33. The molecule has 4 amide bonds. The number of aromatic nitrogens is 1. The van der Waals surface area contributed by atoms with Crippen molar-refractivity contribution >= 4 is 69.6 Å². The van der Waals surface area contributed by atoms with Gasteiger partial charge >= 0.3 is 0 Å². The van der Waals surface area contributed by atoms with Crippen molar-refractivity contribution in [3.8, 4) is 0 Å². The molecule has 11 nitrogen and oxygen atoms in total. The number of carbonyl (C=O) groups is 5. The van der Waals surface area contributed by atoms with Gasteiger partial charge in [0, 0.05) is 25.7 Å². The molecule has 2 bridgehead atoms. The Morgan fingerprint density at radius 1 is 1.15 bits per heavy atom. The number of halogens is 2. The van der Waals surface area contributed by atoms with Crippen LogP contribution in [0, 0.1) is 11.8 Å². The summed E-state index contributed by atoms with van der Waals surface area (Å²) < 4.78 is 1.56. The highest BCUT2D eigenvalue weighted by molar-refractivity contribution is 7.20. The number of ketones is 1. The van der Waals surface area contributed by atoms with Crippen LogP contribution in [-0.2, 0) is 25.7 Å². The van der Waals surface area contributed by atoms with Gasteiger partial charge in [-0.15, -0.1) is 11.3 Å². The summed E-state index contributed by atoms with van der Waals surface area (Å²) in [5.41, 5.74) is -0.692. The van der Waals surface area contributed by atoms with Crippen molar-refractivity contribution in [3.05, 3.63) is 49.0 Å². The third-order valence-electron chi connectivity index (χ3n) is 7.34. The number of likely N-dealkylation sites (N-methyl/N-ethyl adjacent to an activating group) is 1. The molecule has 2 aliphatic carbocycles. The number of anilines is 1. The van der Waals surface area contributed by atoms with Crippen LogP contribution in [0.4, 0.5) is 5.69 Å². The van der Waals surface area contributed by atoms with Crippen molar-refractivity contribution in [2.45, 2.75) is 57.2 Å². The average Bonchev–Trinajstić information content (AvgIpc) is 3.63. The van der Waals surface area contributed by atoms with Crippen LogP contribution in [0.1, 0.15) is 48.9 Å². The predicted octanol–water partition coefficient (Wildman–Crippen LogP) is 2.35. The first-order valence-corrected chi connectivity index (χ1v) is 14.4. The summed E-state index contributed by atoms with van der Waals surface area (Å²) >= 11 is 13.0. The normalized spacial score (nSPS) is 20.0. The van der Waals surface area contributed by atoms with E-state index in [1.54, 1.807) is 0 Å². The maximum atomic E-state index is 13.2. The fourth-order valence-corrected chi connectivity index (χ4v) is 6.79. The first-order chi connectivity index (χ1) is 19.0. The van der Waals surface area contributed by atoms with Crippen LogP contribution in [0.2, 0.25) is 8.67 Å². The lowest BCUT2D eigenvalue weighted by Crippen LogP contribution is -2.45. The molecule has 2 heterocycles. The number of nitrogens with zero attached hydrogens (tertiary/aromatic N) is 1. The predicted molar refractivity (Wildman–Crippen MR) is 151 cm³/mol. The zero-order valence-corrected chi connectivity index (χ0v) is 24.0. The number of nitrogens with one attached hydrogen (secondary N) is 4. The van der Waals surface area contributed by atoms with Gasteiger partial charge in [-0.2, -0.15) is 0 Å². The van der Waals surface area contributed by atoms with E-state index < -0.39 is 35.1 Å². The van der Waals surface area contributed by atoms with E-state index in [1.807, 2.05) is 0 Å². The largest absolute Gasteiger partial charge is 0.353 e. The lowest BCUT2D eigenvalue weighted by Gasteiger charge is -2.23. The molecule has 2 aromatic heterocycles. The van der Waals surface area contributed by atoms with E-state index in [4.69, 9.17) is 23.2 Å². The molecule has 4 atom stereocenters. The van der Waals surface area contributed by atoms with E-state index >= 15 is 0 Å². The average molecular weight is 611 g/mol. The summed E-state index contributed by atoms with van der Waals surface area (Å²) in [7, 11) is 1.30. The third-order valence-corrected chi connectivity index (χ3v) is 8.83. The third kappa shape index (κ3) is 7.10. The van der Waals surface area contributed by atoms with Gasteiger partial charge in [0.1, 0.15) is 22.6 Å². The number of pyridine rings is 1. The van der Waals surface area contributed by atoms with Gasteiger partial charge in [-0.25, -0.2) is 0 Å². The van der Waals surface area contributed by atoms with Crippen molar-refractivity contribution in [1.29, 1.82) is 0 Å². The number of amides is 4. The van der Waals surface area contributed by atoms with Crippen molar-refractivity contribution in [2.24, 2.45) is 11.8 Å². The maximum Gasteiger partial charge on any atom is 0.287 e. The summed E-state index contributed by atoms with van der Waals surface area (Å²) in [6.07, 6.45) is 5.26. The van der Waals surface area contributed by atoms with E-state index in [0.29, 0.717) is 11.8 Å². The Kier molecular flexibility index (Phi) is 9.64.